The molecule has 0 radical (unpaired) electrons. The van der Waals surface area contributed by atoms with E-state index in [2.05, 4.69) is 35.6 Å². The minimum absolute atomic E-state index is 0.257. The molecule has 0 aliphatic carbocycles. The number of nitrogens with one attached hydrogen (secondary N) is 1. The lowest BCUT2D eigenvalue weighted by Crippen LogP contribution is -2.09. The summed E-state index contributed by atoms with van der Waals surface area (Å²) in [6.07, 6.45) is 5.68. The molecule has 4 nitrogen and oxygen atoms in total. The van der Waals surface area contributed by atoms with E-state index in [4.69, 9.17) is 4.74 Å². The smallest absolute Gasteiger partial charge is 0.119 e. The normalized spacial score (nSPS) is 15.5. The maximum atomic E-state index is 9.97. The Bertz CT molecular complexity index is 1260. The third-order valence-electron chi connectivity index (χ3n) is 7.04. The molecule has 180 valence electrons. The topological polar surface area (TPSA) is 61.7 Å². The molecule has 1 heterocycles. The maximum absolute atomic E-state index is 9.97. The fourth-order valence-electron chi connectivity index (χ4n) is 5.08. The molecule has 0 amide bonds. The number of hydrogen-bond donors (Lipinski definition) is 3. The van der Waals surface area contributed by atoms with Gasteiger partial charge in [-0.05, 0) is 121 Å². The molecule has 0 saturated carbocycles. The molecule has 35 heavy (non-hydrogen) atoms. The first-order chi connectivity index (χ1) is 17.2. The van der Waals surface area contributed by atoms with E-state index in [0.29, 0.717) is 0 Å². The SMILES string of the molecule is Oc1ccc(-c2ccc3cc(O)ccc3c2Cc2ccc(OCCCCC3CCNC3)cc2)cc1. The van der Waals surface area contributed by atoms with Crippen LogP contribution in [0.25, 0.3) is 21.9 Å². The van der Waals surface area contributed by atoms with Crippen molar-refractivity contribution < 1.29 is 14.9 Å². The van der Waals surface area contributed by atoms with Gasteiger partial charge in [-0.3, -0.25) is 0 Å². The van der Waals surface area contributed by atoms with Crippen molar-refractivity contribution in [3.63, 3.8) is 0 Å². The van der Waals surface area contributed by atoms with Gasteiger partial charge in [-0.15, -0.1) is 0 Å². The van der Waals surface area contributed by atoms with Gasteiger partial charge in [0, 0.05) is 0 Å². The van der Waals surface area contributed by atoms with Crippen molar-refractivity contribution in [3.05, 3.63) is 90.0 Å². The minimum Gasteiger partial charge on any atom is -0.508 e. The highest BCUT2D eigenvalue weighted by Crippen LogP contribution is 2.34. The van der Waals surface area contributed by atoms with Crippen LogP contribution in [0.5, 0.6) is 17.2 Å². The van der Waals surface area contributed by atoms with Crippen molar-refractivity contribution in [2.75, 3.05) is 19.7 Å². The molecule has 0 bridgehead atoms. The van der Waals surface area contributed by atoms with Gasteiger partial charge in [0.25, 0.3) is 0 Å². The summed E-state index contributed by atoms with van der Waals surface area (Å²) in [6, 6.07) is 25.4. The van der Waals surface area contributed by atoms with E-state index in [0.717, 1.165) is 53.0 Å². The van der Waals surface area contributed by atoms with E-state index in [1.807, 2.05) is 24.3 Å². The van der Waals surface area contributed by atoms with Crippen LogP contribution in [-0.4, -0.2) is 29.9 Å². The van der Waals surface area contributed by atoms with Crippen LogP contribution >= 0.6 is 0 Å². The first-order valence-corrected chi connectivity index (χ1v) is 12.6. The first kappa shape index (κ1) is 23.3. The number of benzene rings is 4. The highest BCUT2D eigenvalue weighted by molar-refractivity contribution is 5.93. The van der Waals surface area contributed by atoms with Gasteiger partial charge in [0.2, 0.25) is 0 Å². The van der Waals surface area contributed by atoms with Crippen LogP contribution in [-0.2, 0) is 6.42 Å². The van der Waals surface area contributed by atoms with Crippen LogP contribution in [0.15, 0.2) is 78.9 Å². The van der Waals surface area contributed by atoms with E-state index in [1.165, 1.54) is 43.5 Å². The molecule has 1 unspecified atom stereocenters. The summed E-state index contributed by atoms with van der Waals surface area (Å²) in [5.74, 6) is 2.28. The predicted molar refractivity (Wildman–Crippen MR) is 142 cm³/mol. The molecule has 1 fully saturated rings. The zero-order valence-corrected chi connectivity index (χ0v) is 20.0. The predicted octanol–water partition coefficient (Wildman–Crippen LogP) is 6.67. The Morgan fingerprint density at radius 2 is 1.63 bits per heavy atom. The Kier molecular flexibility index (Phi) is 7.20. The van der Waals surface area contributed by atoms with E-state index in [9.17, 15) is 10.2 Å². The molecule has 3 N–H and O–H groups in total. The standard InChI is InChI=1S/C31H33NO3/c33-26-9-6-24(7-10-26)29-14-8-25-20-27(34)11-15-30(25)31(29)19-22-4-12-28(13-5-22)35-18-2-1-3-23-16-17-32-21-23/h4-15,20,23,32-34H,1-3,16-19,21H2. The van der Waals surface area contributed by atoms with E-state index >= 15 is 0 Å². The quantitative estimate of drug-likeness (QED) is 0.241. The third-order valence-corrected chi connectivity index (χ3v) is 7.04. The fourth-order valence-corrected chi connectivity index (χ4v) is 5.08. The monoisotopic (exact) mass is 467 g/mol. The molecular formula is C31H33NO3. The summed E-state index contributed by atoms with van der Waals surface area (Å²) in [4.78, 5) is 0. The van der Waals surface area contributed by atoms with Gasteiger partial charge in [0.05, 0.1) is 6.61 Å². The van der Waals surface area contributed by atoms with Gasteiger partial charge in [0.15, 0.2) is 0 Å². The zero-order chi connectivity index (χ0) is 24.0. The van der Waals surface area contributed by atoms with Crippen molar-refractivity contribution in [2.24, 2.45) is 5.92 Å². The van der Waals surface area contributed by atoms with Crippen molar-refractivity contribution in [1.29, 1.82) is 0 Å². The Morgan fingerprint density at radius 1 is 0.829 bits per heavy atom. The highest BCUT2D eigenvalue weighted by atomic mass is 16.5. The van der Waals surface area contributed by atoms with Crippen molar-refractivity contribution >= 4 is 10.8 Å². The van der Waals surface area contributed by atoms with Crippen LogP contribution in [0.4, 0.5) is 0 Å². The summed E-state index contributed by atoms with van der Waals surface area (Å²) in [5.41, 5.74) is 4.58. The summed E-state index contributed by atoms with van der Waals surface area (Å²) >= 11 is 0. The fraction of sp³-hybridized carbons (Fsp3) is 0.290. The number of aromatic hydroxyl groups is 2. The molecule has 0 spiro atoms. The number of phenols is 2. The van der Waals surface area contributed by atoms with Crippen LogP contribution in [0, 0.1) is 5.92 Å². The largest absolute Gasteiger partial charge is 0.508 e. The van der Waals surface area contributed by atoms with Gasteiger partial charge in [0.1, 0.15) is 17.2 Å². The molecule has 0 aromatic heterocycles. The summed E-state index contributed by atoms with van der Waals surface area (Å²) in [7, 11) is 0. The number of phenolic OH excluding ortho intramolecular Hbond substituents is 2. The van der Waals surface area contributed by atoms with Crippen LogP contribution in [0.3, 0.4) is 0 Å². The lowest BCUT2D eigenvalue weighted by molar-refractivity contribution is 0.300. The van der Waals surface area contributed by atoms with Crippen molar-refractivity contribution in [3.8, 4) is 28.4 Å². The summed E-state index contributed by atoms with van der Waals surface area (Å²) < 4.78 is 6.00. The number of ether oxygens (including phenoxy) is 1. The minimum atomic E-state index is 0.257. The number of rotatable bonds is 9. The molecule has 1 aliphatic heterocycles. The Balaban J connectivity index is 1.30. The number of unbranched alkanes of at least 4 members (excludes halogenated alkanes) is 1. The first-order valence-electron chi connectivity index (χ1n) is 12.6. The second-order valence-electron chi connectivity index (χ2n) is 9.57. The molecule has 5 rings (SSSR count). The van der Waals surface area contributed by atoms with Crippen LogP contribution in [0.2, 0.25) is 0 Å². The summed E-state index contributed by atoms with van der Waals surface area (Å²) in [6.45, 7) is 3.11. The number of fused-ring (bicyclic) bond motifs is 1. The van der Waals surface area contributed by atoms with E-state index < -0.39 is 0 Å². The summed E-state index contributed by atoms with van der Waals surface area (Å²) in [5, 5.41) is 25.3. The highest BCUT2D eigenvalue weighted by Gasteiger charge is 2.14. The van der Waals surface area contributed by atoms with Gasteiger partial charge in [-0.1, -0.05) is 42.5 Å². The zero-order valence-electron chi connectivity index (χ0n) is 20.0. The molecule has 4 aromatic rings. The molecule has 4 aromatic carbocycles. The van der Waals surface area contributed by atoms with Crippen molar-refractivity contribution in [1.82, 2.24) is 5.32 Å². The van der Waals surface area contributed by atoms with Crippen LogP contribution < -0.4 is 10.1 Å². The van der Waals surface area contributed by atoms with Gasteiger partial charge in [-0.2, -0.15) is 0 Å². The molecule has 1 aliphatic rings. The molecule has 4 heteroatoms. The molecule has 1 saturated heterocycles. The second-order valence-corrected chi connectivity index (χ2v) is 9.57. The maximum Gasteiger partial charge on any atom is 0.119 e. The Morgan fingerprint density at radius 3 is 2.40 bits per heavy atom. The lowest BCUT2D eigenvalue weighted by atomic mass is 9.90. The lowest BCUT2D eigenvalue weighted by Gasteiger charge is -2.15. The van der Waals surface area contributed by atoms with E-state index in [1.54, 1.807) is 24.3 Å². The Labute approximate surface area is 207 Å². The van der Waals surface area contributed by atoms with Gasteiger partial charge >= 0.3 is 0 Å². The van der Waals surface area contributed by atoms with Gasteiger partial charge in [-0.25, -0.2) is 0 Å². The molecular weight excluding hydrogens is 434 g/mol. The number of hydrogen-bond acceptors (Lipinski definition) is 4. The average molecular weight is 468 g/mol. The van der Waals surface area contributed by atoms with E-state index in [-0.39, 0.29) is 11.5 Å². The van der Waals surface area contributed by atoms with Crippen molar-refractivity contribution in [2.45, 2.75) is 32.1 Å². The molecule has 1 atom stereocenters. The van der Waals surface area contributed by atoms with Gasteiger partial charge < -0.3 is 20.3 Å². The Hall–Kier alpha value is -3.50. The second kappa shape index (κ2) is 10.8. The van der Waals surface area contributed by atoms with Crippen LogP contribution in [0.1, 0.15) is 36.8 Å². The third kappa shape index (κ3) is 5.77. The average Bonchev–Trinajstić information content (AvgIpc) is 3.39.